The van der Waals surface area contributed by atoms with Crippen LogP contribution in [0.2, 0.25) is 5.02 Å². The second kappa shape index (κ2) is 7.14. The van der Waals surface area contributed by atoms with Crippen LogP contribution in [-0.2, 0) is 11.2 Å². The molecule has 0 N–H and O–H groups in total. The van der Waals surface area contributed by atoms with Crippen molar-refractivity contribution < 1.29 is 14.3 Å². The molecule has 0 aliphatic carbocycles. The Morgan fingerprint density at radius 2 is 1.96 bits per heavy atom. The first kappa shape index (κ1) is 16.7. The maximum atomic E-state index is 12.7. The van der Waals surface area contributed by atoms with Gasteiger partial charge in [0.2, 0.25) is 0 Å². The topological polar surface area (TPSA) is 38.8 Å². The average molecular weight is 346 g/mol. The van der Waals surface area contributed by atoms with E-state index < -0.39 is 0 Å². The van der Waals surface area contributed by atoms with Crippen LogP contribution in [0.25, 0.3) is 0 Å². The van der Waals surface area contributed by atoms with E-state index in [9.17, 15) is 4.79 Å². The van der Waals surface area contributed by atoms with Crippen molar-refractivity contribution in [1.29, 1.82) is 0 Å². The molecule has 2 aromatic carbocycles. The molecule has 0 fully saturated rings. The SMILES string of the molecule is COc1ccc(C)c2c1N(C(=O)COc1ccc(Cl)cc1)CCC2. The summed E-state index contributed by atoms with van der Waals surface area (Å²) in [6, 6.07) is 10.9. The fourth-order valence-electron chi connectivity index (χ4n) is 3.02. The number of methoxy groups -OCH3 is 1. The summed E-state index contributed by atoms with van der Waals surface area (Å²) in [6.45, 7) is 2.73. The number of ether oxygens (including phenoxy) is 2. The number of nitrogens with zero attached hydrogens (tertiary/aromatic N) is 1. The zero-order valence-corrected chi connectivity index (χ0v) is 14.6. The highest BCUT2D eigenvalue weighted by molar-refractivity contribution is 6.30. The van der Waals surface area contributed by atoms with Crippen molar-refractivity contribution in [2.45, 2.75) is 19.8 Å². The smallest absolute Gasteiger partial charge is 0.265 e. The quantitative estimate of drug-likeness (QED) is 0.840. The van der Waals surface area contributed by atoms with Crippen molar-refractivity contribution in [2.24, 2.45) is 0 Å². The number of benzene rings is 2. The Morgan fingerprint density at radius 3 is 2.67 bits per heavy atom. The van der Waals surface area contributed by atoms with Gasteiger partial charge >= 0.3 is 0 Å². The molecule has 4 nitrogen and oxygen atoms in total. The molecule has 126 valence electrons. The second-order valence-corrected chi connectivity index (χ2v) is 6.24. The van der Waals surface area contributed by atoms with Crippen LogP contribution >= 0.6 is 11.6 Å². The molecule has 0 unspecified atom stereocenters. The standard InChI is InChI=1S/C19H20ClNO3/c1-13-5-10-17(23-2)19-16(13)4-3-11-21(19)18(22)12-24-15-8-6-14(20)7-9-15/h5-10H,3-4,11-12H2,1-2H3. The van der Waals surface area contributed by atoms with Crippen molar-refractivity contribution in [1.82, 2.24) is 0 Å². The summed E-state index contributed by atoms with van der Waals surface area (Å²) in [5.41, 5.74) is 3.25. The minimum absolute atomic E-state index is 0.0157. The number of halogens is 1. The monoisotopic (exact) mass is 345 g/mol. The van der Waals surface area contributed by atoms with Crippen molar-refractivity contribution in [3.63, 3.8) is 0 Å². The average Bonchev–Trinajstić information content (AvgIpc) is 2.61. The van der Waals surface area contributed by atoms with Crippen LogP contribution in [-0.4, -0.2) is 26.2 Å². The highest BCUT2D eigenvalue weighted by Gasteiger charge is 2.27. The lowest BCUT2D eigenvalue weighted by atomic mass is 9.96. The van der Waals surface area contributed by atoms with Crippen molar-refractivity contribution >= 4 is 23.2 Å². The fourth-order valence-corrected chi connectivity index (χ4v) is 3.15. The zero-order valence-electron chi connectivity index (χ0n) is 13.8. The third-order valence-electron chi connectivity index (χ3n) is 4.26. The molecule has 1 aliphatic heterocycles. The minimum Gasteiger partial charge on any atom is -0.495 e. The molecule has 3 rings (SSSR count). The largest absolute Gasteiger partial charge is 0.495 e. The Kier molecular flexibility index (Phi) is 4.95. The van der Waals surface area contributed by atoms with Crippen LogP contribution in [0, 0.1) is 6.92 Å². The lowest BCUT2D eigenvalue weighted by Gasteiger charge is -2.32. The minimum atomic E-state index is -0.0743. The third kappa shape index (κ3) is 3.34. The lowest BCUT2D eigenvalue weighted by Crippen LogP contribution is -2.39. The van der Waals surface area contributed by atoms with Gasteiger partial charge in [0.1, 0.15) is 11.5 Å². The molecule has 0 bridgehead atoms. The van der Waals surface area contributed by atoms with Crippen molar-refractivity contribution in [3.8, 4) is 11.5 Å². The number of aryl methyl sites for hydroxylation is 1. The second-order valence-electron chi connectivity index (χ2n) is 5.80. The van der Waals surface area contributed by atoms with E-state index in [4.69, 9.17) is 21.1 Å². The fraction of sp³-hybridized carbons (Fsp3) is 0.316. The van der Waals surface area contributed by atoms with Gasteiger partial charge in [0.25, 0.3) is 5.91 Å². The van der Waals surface area contributed by atoms with E-state index in [1.165, 1.54) is 11.1 Å². The molecule has 0 aromatic heterocycles. The molecule has 0 radical (unpaired) electrons. The number of fused-ring (bicyclic) bond motifs is 1. The van der Waals surface area contributed by atoms with Gasteiger partial charge in [-0.3, -0.25) is 4.79 Å². The molecule has 1 heterocycles. The van der Waals surface area contributed by atoms with Crippen LogP contribution in [0.3, 0.4) is 0 Å². The first-order chi connectivity index (χ1) is 11.6. The summed E-state index contributed by atoms with van der Waals surface area (Å²) in [6.07, 6.45) is 1.90. The number of carbonyl (C=O) groups excluding carboxylic acids is 1. The summed E-state index contributed by atoms with van der Waals surface area (Å²) in [5.74, 6) is 1.28. The normalized spacial score (nSPS) is 13.4. The number of hydrogen-bond donors (Lipinski definition) is 0. The molecule has 0 saturated carbocycles. The lowest BCUT2D eigenvalue weighted by molar-refractivity contribution is -0.120. The van der Waals surface area contributed by atoms with E-state index in [1.807, 2.05) is 12.1 Å². The van der Waals surface area contributed by atoms with E-state index in [2.05, 4.69) is 6.92 Å². The number of carbonyl (C=O) groups is 1. The van der Waals surface area contributed by atoms with E-state index in [1.54, 1.807) is 36.3 Å². The molecule has 0 atom stereocenters. The van der Waals surface area contributed by atoms with Gasteiger partial charge in [0.15, 0.2) is 6.61 Å². The predicted octanol–water partition coefficient (Wildman–Crippen LogP) is 4.02. The van der Waals surface area contributed by atoms with Crippen LogP contribution < -0.4 is 14.4 Å². The molecule has 1 amide bonds. The molecular weight excluding hydrogens is 326 g/mol. The van der Waals surface area contributed by atoms with Crippen LogP contribution in [0.4, 0.5) is 5.69 Å². The van der Waals surface area contributed by atoms with Gasteiger partial charge in [-0.05, 0) is 61.2 Å². The van der Waals surface area contributed by atoms with E-state index in [0.717, 1.165) is 24.3 Å². The maximum Gasteiger partial charge on any atom is 0.265 e. The Balaban J connectivity index is 1.79. The molecule has 5 heteroatoms. The molecular formula is C19H20ClNO3. The van der Waals surface area contributed by atoms with Gasteiger partial charge in [-0.25, -0.2) is 0 Å². The van der Waals surface area contributed by atoms with E-state index in [0.29, 0.717) is 17.3 Å². The maximum absolute atomic E-state index is 12.7. The predicted molar refractivity (Wildman–Crippen MR) is 95.4 cm³/mol. The first-order valence-electron chi connectivity index (χ1n) is 7.95. The summed E-state index contributed by atoms with van der Waals surface area (Å²) in [5, 5.41) is 0.638. The Bertz CT molecular complexity index is 743. The van der Waals surface area contributed by atoms with Gasteiger partial charge in [0.05, 0.1) is 12.8 Å². The summed E-state index contributed by atoms with van der Waals surface area (Å²) in [4.78, 5) is 14.5. The molecule has 0 spiro atoms. The Hall–Kier alpha value is -2.20. The Morgan fingerprint density at radius 1 is 1.21 bits per heavy atom. The van der Waals surface area contributed by atoms with Gasteiger partial charge in [-0.2, -0.15) is 0 Å². The van der Waals surface area contributed by atoms with Gasteiger partial charge in [-0.1, -0.05) is 17.7 Å². The van der Waals surface area contributed by atoms with Crippen molar-refractivity contribution in [3.05, 3.63) is 52.5 Å². The molecule has 2 aromatic rings. The van der Waals surface area contributed by atoms with Crippen molar-refractivity contribution in [2.75, 3.05) is 25.2 Å². The van der Waals surface area contributed by atoms with Gasteiger partial charge in [0, 0.05) is 11.6 Å². The highest BCUT2D eigenvalue weighted by Crippen LogP contribution is 2.38. The van der Waals surface area contributed by atoms with E-state index >= 15 is 0 Å². The third-order valence-corrected chi connectivity index (χ3v) is 4.51. The van der Waals surface area contributed by atoms with Crippen LogP contribution in [0.5, 0.6) is 11.5 Å². The number of rotatable bonds is 4. The summed E-state index contributed by atoms with van der Waals surface area (Å²) in [7, 11) is 1.63. The first-order valence-corrected chi connectivity index (χ1v) is 8.33. The Labute approximate surface area is 146 Å². The highest BCUT2D eigenvalue weighted by atomic mass is 35.5. The summed E-state index contributed by atoms with van der Waals surface area (Å²) >= 11 is 5.86. The molecule has 1 aliphatic rings. The number of hydrogen-bond acceptors (Lipinski definition) is 3. The number of amides is 1. The van der Waals surface area contributed by atoms with Crippen LogP contribution in [0.15, 0.2) is 36.4 Å². The number of anilines is 1. The summed E-state index contributed by atoms with van der Waals surface area (Å²) < 4.78 is 11.1. The zero-order chi connectivity index (χ0) is 17.1. The molecule has 24 heavy (non-hydrogen) atoms. The van der Waals surface area contributed by atoms with Gasteiger partial charge < -0.3 is 14.4 Å². The van der Waals surface area contributed by atoms with Crippen LogP contribution in [0.1, 0.15) is 17.5 Å². The van der Waals surface area contributed by atoms with Gasteiger partial charge in [-0.15, -0.1) is 0 Å². The van der Waals surface area contributed by atoms with E-state index in [-0.39, 0.29) is 12.5 Å². The molecule has 0 saturated heterocycles.